The monoisotopic (exact) mass is 536 g/mol. The van der Waals surface area contributed by atoms with Crippen LogP contribution in [0.2, 0.25) is 0 Å². The number of aliphatic hydroxyl groups excluding tert-OH is 1. The molecule has 0 radical (unpaired) electrons. The van der Waals surface area contributed by atoms with Gasteiger partial charge in [0.05, 0.1) is 38.0 Å². The number of aryl methyl sites for hydroxylation is 1. The molecular formula is C31H40N2O6. The van der Waals surface area contributed by atoms with Crippen molar-refractivity contribution >= 4 is 17.4 Å². The maximum absolute atomic E-state index is 13.4. The topological polar surface area (TPSA) is 88.5 Å². The van der Waals surface area contributed by atoms with Gasteiger partial charge in [-0.05, 0) is 60.7 Å². The predicted octanol–water partition coefficient (Wildman–Crippen LogP) is 4.57. The van der Waals surface area contributed by atoms with E-state index in [-0.39, 0.29) is 11.3 Å². The van der Waals surface area contributed by atoms with Gasteiger partial charge in [-0.3, -0.25) is 14.5 Å². The Morgan fingerprint density at radius 1 is 1.03 bits per heavy atom. The summed E-state index contributed by atoms with van der Waals surface area (Å²) in [4.78, 5) is 30.6. The van der Waals surface area contributed by atoms with Gasteiger partial charge in [-0.15, -0.1) is 0 Å². The summed E-state index contributed by atoms with van der Waals surface area (Å²) in [6.45, 7) is 13.1. The van der Waals surface area contributed by atoms with E-state index in [4.69, 9.17) is 14.2 Å². The van der Waals surface area contributed by atoms with Gasteiger partial charge in [-0.1, -0.05) is 32.9 Å². The summed E-state index contributed by atoms with van der Waals surface area (Å²) in [5, 5.41) is 11.5. The molecule has 2 aromatic carbocycles. The number of ketones is 1. The minimum absolute atomic E-state index is 0.100. The lowest BCUT2D eigenvalue weighted by Crippen LogP contribution is -2.42. The summed E-state index contributed by atoms with van der Waals surface area (Å²) in [6.07, 6.45) is 0.893. The molecule has 2 aliphatic heterocycles. The van der Waals surface area contributed by atoms with Gasteiger partial charge in [0.25, 0.3) is 11.7 Å². The zero-order valence-electron chi connectivity index (χ0n) is 23.4. The molecule has 4 rings (SSSR count). The number of aliphatic hydroxyl groups is 1. The molecule has 1 amide bonds. The first kappa shape index (κ1) is 28.6. The third-order valence-electron chi connectivity index (χ3n) is 7.01. The van der Waals surface area contributed by atoms with E-state index in [1.54, 1.807) is 17.0 Å². The van der Waals surface area contributed by atoms with Crippen molar-refractivity contribution in [3.63, 3.8) is 0 Å². The summed E-state index contributed by atoms with van der Waals surface area (Å²) >= 11 is 0. The van der Waals surface area contributed by atoms with Crippen molar-refractivity contribution in [3.8, 4) is 11.5 Å². The molecule has 2 aromatic rings. The molecule has 210 valence electrons. The number of benzene rings is 2. The van der Waals surface area contributed by atoms with Gasteiger partial charge in [0.15, 0.2) is 0 Å². The number of carbonyl (C=O) groups is 2. The number of Topliss-reactive ketones (excluding diaryl/α,β-unsaturated/α-hetero) is 1. The minimum atomic E-state index is -0.706. The van der Waals surface area contributed by atoms with Crippen molar-refractivity contribution in [1.29, 1.82) is 0 Å². The normalized spacial score (nSPS) is 19.6. The van der Waals surface area contributed by atoms with Gasteiger partial charge in [0, 0.05) is 31.7 Å². The van der Waals surface area contributed by atoms with Gasteiger partial charge in [-0.25, -0.2) is 0 Å². The molecule has 0 aliphatic carbocycles. The standard InChI is InChI=1S/C31H40N2O6/c1-5-16-38-24-8-6-23(7-9-24)28-27(29(34)26-11-10-25(19-22(26)4)39-20-21(2)3)30(35)31(36)33(28)13-12-32-14-17-37-18-15-32/h6-11,19,21,28,34H,5,12-18,20H2,1-4H3/b29-27+. The second-order valence-corrected chi connectivity index (χ2v) is 10.5. The van der Waals surface area contributed by atoms with E-state index in [0.29, 0.717) is 56.7 Å². The smallest absolute Gasteiger partial charge is 0.295 e. The van der Waals surface area contributed by atoms with Crippen LogP contribution in [0.15, 0.2) is 48.0 Å². The van der Waals surface area contributed by atoms with Crippen LogP contribution in [0.25, 0.3) is 5.76 Å². The maximum Gasteiger partial charge on any atom is 0.295 e. The first-order chi connectivity index (χ1) is 18.8. The molecule has 39 heavy (non-hydrogen) atoms. The lowest BCUT2D eigenvalue weighted by Gasteiger charge is -2.31. The van der Waals surface area contributed by atoms with Crippen LogP contribution < -0.4 is 9.47 Å². The summed E-state index contributed by atoms with van der Waals surface area (Å²) in [6, 6.07) is 12.1. The summed E-state index contributed by atoms with van der Waals surface area (Å²) in [5.41, 5.74) is 2.11. The van der Waals surface area contributed by atoms with E-state index < -0.39 is 17.7 Å². The predicted molar refractivity (Wildman–Crippen MR) is 150 cm³/mol. The lowest BCUT2D eigenvalue weighted by molar-refractivity contribution is -0.140. The molecule has 0 bridgehead atoms. The van der Waals surface area contributed by atoms with E-state index in [1.807, 2.05) is 44.2 Å². The van der Waals surface area contributed by atoms with Gasteiger partial charge < -0.3 is 24.2 Å². The number of morpholine rings is 1. The van der Waals surface area contributed by atoms with Crippen LogP contribution in [-0.2, 0) is 14.3 Å². The Labute approximate surface area is 231 Å². The Morgan fingerprint density at radius 2 is 1.72 bits per heavy atom. The van der Waals surface area contributed by atoms with Crippen LogP contribution >= 0.6 is 0 Å². The van der Waals surface area contributed by atoms with Crippen LogP contribution in [0.4, 0.5) is 0 Å². The maximum atomic E-state index is 13.4. The number of hydrogen-bond donors (Lipinski definition) is 1. The quantitative estimate of drug-likeness (QED) is 0.256. The third kappa shape index (κ3) is 6.81. The number of carbonyl (C=O) groups excluding carboxylic acids is 2. The zero-order chi connectivity index (χ0) is 27.9. The van der Waals surface area contributed by atoms with E-state index >= 15 is 0 Å². The second-order valence-electron chi connectivity index (χ2n) is 10.5. The first-order valence-corrected chi connectivity index (χ1v) is 13.8. The molecule has 0 spiro atoms. The van der Waals surface area contributed by atoms with E-state index in [0.717, 1.165) is 36.4 Å². The van der Waals surface area contributed by atoms with Gasteiger partial charge >= 0.3 is 0 Å². The Morgan fingerprint density at radius 3 is 2.36 bits per heavy atom. The van der Waals surface area contributed by atoms with Gasteiger partial charge in [-0.2, -0.15) is 0 Å². The Hall–Kier alpha value is -3.36. The summed E-state index contributed by atoms with van der Waals surface area (Å²) in [5.74, 6) is 0.347. The molecule has 0 aromatic heterocycles. The number of nitrogens with zero attached hydrogens (tertiary/aromatic N) is 2. The van der Waals surface area contributed by atoms with Gasteiger partial charge in [0.2, 0.25) is 0 Å². The lowest BCUT2D eigenvalue weighted by atomic mass is 9.94. The Balaban J connectivity index is 1.69. The SMILES string of the molecule is CCCOc1ccc(C2/C(=C(\O)c3ccc(OCC(C)C)cc3C)C(=O)C(=O)N2CCN2CCOCC2)cc1. The van der Waals surface area contributed by atoms with Crippen LogP contribution in [0.5, 0.6) is 11.5 Å². The molecular weight excluding hydrogens is 496 g/mol. The molecule has 2 aliphatic rings. The van der Waals surface area contributed by atoms with Crippen molar-refractivity contribution < 1.29 is 28.9 Å². The van der Waals surface area contributed by atoms with E-state index in [9.17, 15) is 14.7 Å². The van der Waals surface area contributed by atoms with E-state index in [1.165, 1.54) is 0 Å². The minimum Gasteiger partial charge on any atom is -0.507 e. The highest BCUT2D eigenvalue weighted by atomic mass is 16.5. The molecule has 2 saturated heterocycles. The van der Waals surface area contributed by atoms with Crippen LogP contribution in [0, 0.1) is 12.8 Å². The van der Waals surface area contributed by atoms with Crippen molar-refractivity contribution in [2.75, 3.05) is 52.6 Å². The largest absolute Gasteiger partial charge is 0.507 e. The Bertz CT molecular complexity index is 1180. The van der Waals surface area contributed by atoms with Crippen molar-refractivity contribution in [2.45, 2.75) is 40.2 Å². The fraction of sp³-hybridized carbons (Fsp3) is 0.484. The summed E-state index contributed by atoms with van der Waals surface area (Å²) < 4.78 is 17.0. The number of likely N-dealkylation sites (tertiary alicyclic amines) is 1. The molecule has 8 heteroatoms. The molecule has 0 saturated carbocycles. The molecule has 1 unspecified atom stereocenters. The molecule has 2 fully saturated rings. The van der Waals surface area contributed by atoms with Crippen molar-refractivity contribution in [3.05, 3.63) is 64.7 Å². The fourth-order valence-corrected chi connectivity index (χ4v) is 4.90. The van der Waals surface area contributed by atoms with Crippen LogP contribution in [0.3, 0.4) is 0 Å². The molecule has 1 atom stereocenters. The first-order valence-electron chi connectivity index (χ1n) is 13.8. The fourth-order valence-electron chi connectivity index (χ4n) is 4.90. The molecule has 1 N–H and O–H groups in total. The van der Waals surface area contributed by atoms with Crippen molar-refractivity contribution in [1.82, 2.24) is 9.80 Å². The highest BCUT2D eigenvalue weighted by Gasteiger charge is 2.46. The summed E-state index contributed by atoms with van der Waals surface area (Å²) in [7, 11) is 0. The van der Waals surface area contributed by atoms with Gasteiger partial charge in [0.1, 0.15) is 17.3 Å². The number of hydrogen-bond acceptors (Lipinski definition) is 7. The number of rotatable bonds is 11. The average Bonchev–Trinajstić information content (AvgIpc) is 3.19. The average molecular weight is 537 g/mol. The third-order valence-corrected chi connectivity index (χ3v) is 7.01. The molecule has 2 heterocycles. The second kappa shape index (κ2) is 13.1. The van der Waals surface area contributed by atoms with Crippen LogP contribution in [0.1, 0.15) is 49.9 Å². The molecule has 8 nitrogen and oxygen atoms in total. The van der Waals surface area contributed by atoms with Crippen molar-refractivity contribution in [2.24, 2.45) is 5.92 Å². The number of ether oxygens (including phenoxy) is 3. The van der Waals surface area contributed by atoms with E-state index in [2.05, 4.69) is 18.7 Å². The Kier molecular flexibility index (Phi) is 9.64. The zero-order valence-corrected chi connectivity index (χ0v) is 23.4. The highest BCUT2D eigenvalue weighted by molar-refractivity contribution is 6.46. The van der Waals surface area contributed by atoms with Crippen LogP contribution in [-0.4, -0.2) is 79.2 Å². The number of amides is 1. The highest BCUT2D eigenvalue weighted by Crippen LogP contribution is 2.40.